The molecule has 6 heteroatoms. The molecule has 2 N–H and O–H groups in total. The zero-order chi connectivity index (χ0) is 12.1. The molecule has 1 saturated carbocycles. The number of guanidine groups is 1. The summed E-state index contributed by atoms with van der Waals surface area (Å²) in [6.45, 7) is 6.68. The smallest absolute Gasteiger partial charge is 0.191 e. The first kappa shape index (κ1) is 16.0. The summed E-state index contributed by atoms with van der Waals surface area (Å²) in [7, 11) is 0. The van der Waals surface area contributed by atoms with Gasteiger partial charge < -0.3 is 20.1 Å². The van der Waals surface area contributed by atoms with Crippen LogP contribution in [0.15, 0.2) is 4.99 Å². The van der Waals surface area contributed by atoms with Gasteiger partial charge in [0.05, 0.1) is 25.9 Å². The van der Waals surface area contributed by atoms with Crippen molar-refractivity contribution < 1.29 is 9.47 Å². The standard InChI is InChI=1S/C12H23N3O2.HI/c1-10-8-15(5-7-17-10)12(13)14-4-6-16-9-11-2-3-11;/h10-11H,2-9H2,1H3,(H2,13,14);1H. The number of aliphatic imine (C=N–C) groups is 1. The number of nitrogens with zero attached hydrogens (tertiary/aromatic N) is 2. The van der Waals surface area contributed by atoms with Crippen LogP contribution in [0.5, 0.6) is 0 Å². The Morgan fingerprint density at radius 3 is 2.94 bits per heavy atom. The summed E-state index contributed by atoms with van der Waals surface area (Å²) in [5, 5.41) is 0. The van der Waals surface area contributed by atoms with Crippen LogP contribution in [-0.4, -0.2) is 56.4 Å². The van der Waals surface area contributed by atoms with E-state index in [-0.39, 0.29) is 30.1 Å². The Bertz CT molecular complexity index is 272. The molecule has 1 saturated heterocycles. The minimum atomic E-state index is 0. The third-order valence-corrected chi connectivity index (χ3v) is 3.12. The maximum Gasteiger partial charge on any atom is 0.191 e. The molecule has 0 amide bonds. The predicted octanol–water partition coefficient (Wildman–Crippen LogP) is 1.07. The molecule has 0 radical (unpaired) electrons. The Labute approximate surface area is 126 Å². The molecule has 1 aliphatic carbocycles. The number of halogens is 1. The van der Waals surface area contributed by atoms with Crippen molar-refractivity contribution in [2.45, 2.75) is 25.9 Å². The van der Waals surface area contributed by atoms with Crippen LogP contribution in [0.3, 0.4) is 0 Å². The molecule has 1 heterocycles. The highest BCUT2D eigenvalue weighted by Crippen LogP contribution is 2.28. The van der Waals surface area contributed by atoms with Crippen LogP contribution in [0.25, 0.3) is 0 Å². The molecule has 0 spiro atoms. The van der Waals surface area contributed by atoms with Gasteiger partial charge in [-0.05, 0) is 25.7 Å². The van der Waals surface area contributed by atoms with E-state index in [1.54, 1.807) is 0 Å². The summed E-state index contributed by atoms with van der Waals surface area (Å²) >= 11 is 0. The van der Waals surface area contributed by atoms with Crippen molar-refractivity contribution in [1.82, 2.24) is 4.90 Å². The Morgan fingerprint density at radius 2 is 2.28 bits per heavy atom. The molecule has 0 aromatic carbocycles. The van der Waals surface area contributed by atoms with E-state index < -0.39 is 0 Å². The van der Waals surface area contributed by atoms with E-state index in [4.69, 9.17) is 15.2 Å². The largest absolute Gasteiger partial charge is 0.379 e. The first-order chi connectivity index (χ1) is 8.25. The lowest BCUT2D eigenvalue weighted by molar-refractivity contribution is 0.00524. The maximum absolute atomic E-state index is 5.93. The zero-order valence-electron chi connectivity index (χ0n) is 11.0. The number of hydrogen-bond acceptors (Lipinski definition) is 3. The topological polar surface area (TPSA) is 60.1 Å². The highest BCUT2D eigenvalue weighted by atomic mass is 127. The van der Waals surface area contributed by atoms with E-state index in [0.717, 1.165) is 32.2 Å². The lowest BCUT2D eigenvalue weighted by Crippen LogP contribution is -2.48. The van der Waals surface area contributed by atoms with Crippen LogP contribution in [0.4, 0.5) is 0 Å². The zero-order valence-corrected chi connectivity index (χ0v) is 13.3. The van der Waals surface area contributed by atoms with Crippen LogP contribution in [-0.2, 0) is 9.47 Å². The second kappa shape index (κ2) is 8.16. The van der Waals surface area contributed by atoms with Gasteiger partial charge in [-0.1, -0.05) is 0 Å². The highest BCUT2D eigenvalue weighted by Gasteiger charge is 2.21. The van der Waals surface area contributed by atoms with Crippen molar-refractivity contribution in [2.75, 3.05) is 39.5 Å². The van der Waals surface area contributed by atoms with Gasteiger partial charge in [-0.25, -0.2) is 0 Å². The van der Waals surface area contributed by atoms with E-state index in [2.05, 4.69) is 16.8 Å². The fourth-order valence-corrected chi connectivity index (χ4v) is 1.89. The van der Waals surface area contributed by atoms with Crippen molar-refractivity contribution in [1.29, 1.82) is 0 Å². The summed E-state index contributed by atoms with van der Waals surface area (Å²) < 4.78 is 11.0. The van der Waals surface area contributed by atoms with E-state index in [0.29, 0.717) is 19.1 Å². The van der Waals surface area contributed by atoms with Crippen LogP contribution < -0.4 is 5.73 Å². The average Bonchev–Trinajstić information content (AvgIpc) is 3.12. The summed E-state index contributed by atoms with van der Waals surface area (Å²) in [6.07, 6.45) is 2.90. The van der Waals surface area contributed by atoms with Crippen molar-refractivity contribution >= 4 is 29.9 Å². The molecule has 1 aliphatic heterocycles. The normalized spacial score (nSPS) is 24.8. The number of ether oxygens (including phenoxy) is 2. The molecule has 0 aromatic rings. The number of morpholine rings is 1. The van der Waals surface area contributed by atoms with Gasteiger partial charge in [0.15, 0.2) is 5.96 Å². The molecule has 2 fully saturated rings. The minimum absolute atomic E-state index is 0. The van der Waals surface area contributed by atoms with E-state index >= 15 is 0 Å². The fourth-order valence-electron chi connectivity index (χ4n) is 1.89. The van der Waals surface area contributed by atoms with E-state index in [1.165, 1.54) is 12.8 Å². The monoisotopic (exact) mass is 369 g/mol. The molecule has 0 bridgehead atoms. The maximum atomic E-state index is 5.93. The average molecular weight is 369 g/mol. The van der Waals surface area contributed by atoms with Gasteiger partial charge in [-0.15, -0.1) is 24.0 Å². The van der Waals surface area contributed by atoms with E-state index in [1.807, 2.05) is 0 Å². The van der Waals surface area contributed by atoms with Gasteiger partial charge in [0.25, 0.3) is 0 Å². The predicted molar refractivity (Wildman–Crippen MR) is 82.4 cm³/mol. The van der Waals surface area contributed by atoms with Gasteiger partial charge in [0, 0.05) is 19.7 Å². The van der Waals surface area contributed by atoms with Gasteiger partial charge in [0.1, 0.15) is 0 Å². The lowest BCUT2D eigenvalue weighted by atomic mass is 10.3. The third-order valence-electron chi connectivity index (χ3n) is 3.12. The van der Waals surface area contributed by atoms with Crippen LogP contribution in [0.2, 0.25) is 0 Å². The van der Waals surface area contributed by atoms with Gasteiger partial charge >= 0.3 is 0 Å². The third kappa shape index (κ3) is 5.71. The first-order valence-electron chi connectivity index (χ1n) is 6.50. The quantitative estimate of drug-likeness (QED) is 0.341. The van der Waals surface area contributed by atoms with Crippen molar-refractivity contribution in [3.8, 4) is 0 Å². The number of hydrogen-bond donors (Lipinski definition) is 1. The molecular formula is C12H24IN3O2. The Kier molecular flexibility index (Phi) is 7.25. The summed E-state index contributed by atoms with van der Waals surface area (Å²) in [5.74, 6) is 1.44. The number of nitrogens with two attached hydrogens (primary N) is 1. The molecule has 106 valence electrons. The number of rotatable bonds is 5. The van der Waals surface area contributed by atoms with Gasteiger partial charge in [-0.2, -0.15) is 0 Å². The second-order valence-corrected chi connectivity index (χ2v) is 4.89. The SMILES string of the molecule is CC1CN(C(N)=NCCOCC2CC2)CCO1.I. The molecule has 1 unspecified atom stereocenters. The fraction of sp³-hybridized carbons (Fsp3) is 0.917. The lowest BCUT2D eigenvalue weighted by Gasteiger charge is -2.31. The molecule has 18 heavy (non-hydrogen) atoms. The minimum Gasteiger partial charge on any atom is -0.379 e. The Morgan fingerprint density at radius 1 is 1.50 bits per heavy atom. The summed E-state index contributed by atoms with van der Waals surface area (Å²) in [4.78, 5) is 6.42. The summed E-state index contributed by atoms with van der Waals surface area (Å²) in [6, 6.07) is 0. The molecule has 1 atom stereocenters. The summed E-state index contributed by atoms with van der Waals surface area (Å²) in [5.41, 5.74) is 5.93. The molecule has 2 aliphatic rings. The Hall–Kier alpha value is -0.0800. The molecule has 2 rings (SSSR count). The van der Waals surface area contributed by atoms with E-state index in [9.17, 15) is 0 Å². The van der Waals surface area contributed by atoms with Crippen molar-refractivity contribution in [2.24, 2.45) is 16.6 Å². The second-order valence-electron chi connectivity index (χ2n) is 4.89. The Balaban J connectivity index is 0.00000162. The van der Waals surface area contributed by atoms with Crippen LogP contribution >= 0.6 is 24.0 Å². The molecule has 0 aromatic heterocycles. The first-order valence-corrected chi connectivity index (χ1v) is 6.50. The molecular weight excluding hydrogens is 345 g/mol. The van der Waals surface area contributed by atoms with Crippen molar-refractivity contribution in [3.63, 3.8) is 0 Å². The molecule has 5 nitrogen and oxygen atoms in total. The van der Waals surface area contributed by atoms with Gasteiger partial charge in [0.2, 0.25) is 0 Å². The highest BCUT2D eigenvalue weighted by molar-refractivity contribution is 14.0. The van der Waals surface area contributed by atoms with Gasteiger partial charge in [-0.3, -0.25) is 4.99 Å². The van der Waals surface area contributed by atoms with Crippen LogP contribution in [0, 0.1) is 5.92 Å². The van der Waals surface area contributed by atoms with Crippen LogP contribution in [0.1, 0.15) is 19.8 Å². The van der Waals surface area contributed by atoms with Crippen molar-refractivity contribution in [3.05, 3.63) is 0 Å².